The van der Waals surface area contributed by atoms with Crippen molar-refractivity contribution in [3.05, 3.63) is 48.3 Å². The number of anilines is 3. The zero-order chi connectivity index (χ0) is 19.2. The van der Waals surface area contributed by atoms with E-state index in [1.54, 1.807) is 12.3 Å². The average molecular weight is 379 g/mol. The average Bonchev–Trinajstić information content (AvgIpc) is 3.14. The summed E-state index contributed by atoms with van der Waals surface area (Å²) < 4.78 is 0. The molecule has 5 nitrogen and oxygen atoms in total. The quantitative estimate of drug-likeness (QED) is 0.728. The summed E-state index contributed by atoms with van der Waals surface area (Å²) in [4.78, 5) is 19.2. The van der Waals surface area contributed by atoms with E-state index in [2.05, 4.69) is 44.8 Å². The number of pyridine rings is 1. The van der Waals surface area contributed by atoms with Crippen molar-refractivity contribution in [2.75, 3.05) is 23.3 Å². The molecule has 2 aliphatic rings. The Morgan fingerprint density at radius 1 is 0.857 bits per heavy atom. The number of aromatic nitrogens is 1. The van der Waals surface area contributed by atoms with Crippen molar-refractivity contribution in [1.29, 1.82) is 0 Å². The number of hydrogen-bond donors (Lipinski definition) is 2. The first-order valence-corrected chi connectivity index (χ1v) is 10.7. The molecule has 148 valence electrons. The molecule has 2 aromatic rings. The van der Waals surface area contributed by atoms with E-state index in [0.717, 1.165) is 37.3 Å². The lowest BCUT2D eigenvalue weighted by Gasteiger charge is -2.18. The number of rotatable bonds is 5. The summed E-state index contributed by atoms with van der Waals surface area (Å²) in [5.74, 6) is -0.0617. The molecule has 4 rings (SSSR count). The van der Waals surface area contributed by atoms with Gasteiger partial charge in [-0.15, -0.1) is 0 Å². The van der Waals surface area contributed by atoms with Gasteiger partial charge in [-0.3, -0.25) is 4.79 Å². The van der Waals surface area contributed by atoms with E-state index in [9.17, 15) is 4.79 Å². The van der Waals surface area contributed by atoms with E-state index >= 15 is 0 Å². The van der Waals surface area contributed by atoms with Crippen molar-refractivity contribution in [3.63, 3.8) is 0 Å². The number of carbonyl (C=O) groups is 1. The van der Waals surface area contributed by atoms with Crippen LogP contribution in [0.3, 0.4) is 0 Å². The molecule has 2 heterocycles. The van der Waals surface area contributed by atoms with Gasteiger partial charge in [0.25, 0.3) is 5.91 Å². The Morgan fingerprint density at radius 3 is 2.18 bits per heavy atom. The molecule has 5 heteroatoms. The van der Waals surface area contributed by atoms with Gasteiger partial charge in [-0.1, -0.05) is 25.7 Å². The SMILES string of the molecule is O=C(NC1CCCCCC1)c1ccc(Nc2ccc(N3CCCC3)cc2)cn1. The molecule has 0 spiro atoms. The molecular weight excluding hydrogens is 348 g/mol. The van der Waals surface area contributed by atoms with Gasteiger partial charge < -0.3 is 15.5 Å². The Balaban J connectivity index is 1.33. The van der Waals surface area contributed by atoms with Crippen molar-refractivity contribution in [2.24, 2.45) is 0 Å². The van der Waals surface area contributed by atoms with E-state index < -0.39 is 0 Å². The van der Waals surface area contributed by atoms with Gasteiger partial charge in [0.05, 0.1) is 11.9 Å². The highest BCUT2D eigenvalue weighted by Gasteiger charge is 2.16. The topological polar surface area (TPSA) is 57.3 Å². The second-order valence-corrected chi connectivity index (χ2v) is 7.96. The smallest absolute Gasteiger partial charge is 0.270 e. The standard InChI is InChI=1S/C23H30N4O/c28-23(26-18-7-3-1-2-4-8-18)22-14-11-20(17-24-22)25-19-9-12-21(13-10-19)27-15-5-6-16-27/h9-14,17-18,25H,1-8,15-16H2,(H,26,28). The number of benzene rings is 1. The molecule has 0 unspecified atom stereocenters. The summed E-state index contributed by atoms with van der Waals surface area (Å²) in [6, 6.07) is 12.5. The van der Waals surface area contributed by atoms with Crippen LogP contribution in [0.15, 0.2) is 42.6 Å². The van der Waals surface area contributed by atoms with Crippen LogP contribution in [0, 0.1) is 0 Å². The normalized spacial score (nSPS) is 17.9. The lowest BCUT2D eigenvalue weighted by atomic mass is 10.1. The monoisotopic (exact) mass is 378 g/mol. The number of nitrogens with zero attached hydrogens (tertiary/aromatic N) is 2. The van der Waals surface area contributed by atoms with Crippen LogP contribution >= 0.6 is 0 Å². The van der Waals surface area contributed by atoms with Gasteiger partial charge in [-0.2, -0.15) is 0 Å². The van der Waals surface area contributed by atoms with Gasteiger partial charge in [-0.25, -0.2) is 4.98 Å². The first kappa shape index (κ1) is 18.8. The fourth-order valence-electron chi connectivity index (χ4n) is 4.18. The lowest BCUT2D eigenvalue weighted by Crippen LogP contribution is -2.34. The maximum absolute atomic E-state index is 12.5. The highest BCUT2D eigenvalue weighted by Crippen LogP contribution is 2.24. The molecule has 28 heavy (non-hydrogen) atoms. The molecular formula is C23H30N4O. The molecule has 0 atom stereocenters. The zero-order valence-electron chi connectivity index (χ0n) is 16.5. The minimum absolute atomic E-state index is 0.0617. The summed E-state index contributed by atoms with van der Waals surface area (Å²) in [6.45, 7) is 2.31. The van der Waals surface area contributed by atoms with Crippen molar-refractivity contribution in [2.45, 2.75) is 57.4 Å². The van der Waals surface area contributed by atoms with Crippen molar-refractivity contribution < 1.29 is 4.79 Å². The number of amides is 1. The first-order chi connectivity index (χ1) is 13.8. The summed E-state index contributed by atoms with van der Waals surface area (Å²) >= 11 is 0. The summed E-state index contributed by atoms with van der Waals surface area (Å²) in [6.07, 6.45) is 11.4. The predicted molar refractivity (Wildman–Crippen MR) is 114 cm³/mol. The maximum Gasteiger partial charge on any atom is 0.270 e. The first-order valence-electron chi connectivity index (χ1n) is 10.7. The molecule has 1 amide bonds. The molecule has 1 saturated heterocycles. The van der Waals surface area contributed by atoms with Crippen LogP contribution in [-0.2, 0) is 0 Å². The minimum Gasteiger partial charge on any atom is -0.372 e. The van der Waals surface area contributed by atoms with Crippen LogP contribution in [0.25, 0.3) is 0 Å². The number of carbonyl (C=O) groups excluding carboxylic acids is 1. The van der Waals surface area contributed by atoms with E-state index in [-0.39, 0.29) is 5.91 Å². The maximum atomic E-state index is 12.5. The number of hydrogen-bond acceptors (Lipinski definition) is 4. The van der Waals surface area contributed by atoms with Crippen LogP contribution in [0.5, 0.6) is 0 Å². The van der Waals surface area contributed by atoms with Gasteiger partial charge in [0.15, 0.2) is 0 Å². The molecule has 1 aromatic carbocycles. The van der Waals surface area contributed by atoms with Crippen LogP contribution in [0.1, 0.15) is 61.9 Å². The Labute approximate surface area is 167 Å². The third-order valence-corrected chi connectivity index (χ3v) is 5.81. The third-order valence-electron chi connectivity index (χ3n) is 5.81. The van der Waals surface area contributed by atoms with Gasteiger partial charge >= 0.3 is 0 Å². The van der Waals surface area contributed by atoms with E-state index in [4.69, 9.17) is 0 Å². The highest BCUT2D eigenvalue weighted by molar-refractivity contribution is 5.92. The molecule has 2 fully saturated rings. The summed E-state index contributed by atoms with van der Waals surface area (Å²) in [5, 5.41) is 6.52. The summed E-state index contributed by atoms with van der Waals surface area (Å²) in [7, 11) is 0. The van der Waals surface area contributed by atoms with Crippen molar-refractivity contribution >= 4 is 23.0 Å². The van der Waals surface area contributed by atoms with Gasteiger partial charge in [0, 0.05) is 30.5 Å². The van der Waals surface area contributed by atoms with E-state index in [0.29, 0.717) is 11.7 Å². The predicted octanol–water partition coefficient (Wildman–Crippen LogP) is 4.88. The van der Waals surface area contributed by atoms with Gasteiger partial charge in [0.1, 0.15) is 5.69 Å². The highest BCUT2D eigenvalue weighted by atomic mass is 16.1. The van der Waals surface area contributed by atoms with Crippen molar-refractivity contribution in [3.8, 4) is 0 Å². The second-order valence-electron chi connectivity index (χ2n) is 7.96. The van der Waals surface area contributed by atoms with E-state index in [1.807, 2.05) is 6.07 Å². The Kier molecular flexibility index (Phi) is 6.10. The third kappa shape index (κ3) is 4.83. The Bertz CT molecular complexity index is 758. The van der Waals surface area contributed by atoms with Crippen LogP contribution in [0.2, 0.25) is 0 Å². The van der Waals surface area contributed by atoms with Crippen LogP contribution in [-0.4, -0.2) is 30.0 Å². The Morgan fingerprint density at radius 2 is 1.54 bits per heavy atom. The zero-order valence-corrected chi connectivity index (χ0v) is 16.5. The molecule has 1 aliphatic heterocycles. The van der Waals surface area contributed by atoms with Gasteiger partial charge in [0.2, 0.25) is 0 Å². The molecule has 2 N–H and O–H groups in total. The van der Waals surface area contributed by atoms with Crippen LogP contribution in [0.4, 0.5) is 17.1 Å². The largest absolute Gasteiger partial charge is 0.372 e. The fraction of sp³-hybridized carbons (Fsp3) is 0.478. The minimum atomic E-state index is -0.0617. The van der Waals surface area contributed by atoms with Crippen molar-refractivity contribution in [1.82, 2.24) is 10.3 Å². The molecule has 1 saturated carbocycles. The molecule has 0 radical (unpaired) electrons. The summed E-state index contributed by atoms with van der Waals surface area (Å²) in [5.41, 5.74) is 3.69. The van der Waals surface area contributed by atoms with Crippen LogP contribution < -0.4 is 15.5 Å². The lowest BCUT2D eigenvalue weighted by molar-refractivity contribution is 0.0928. The number of nitrogens with one attached hydrogen (secondary N) is 2. The molecule has 1 aliphatic carbocycles. The van der Waals surface area contributed by atoms with E-state index in [1.165, 1.54) is 44.2 Å². The molecule has 1 aromatic heterocycles. The molecule has 0 bridgehead atoms. The van der Waals surface area contributed by atoms with Gasteiger partial charge in [-0.05, 0) is 62.1 Å². The fourth-order valence-corrected chi connectivity index (χ4v) is 4.18. The second kappa shape index (κ2) is 9.09. The Hall–Kier alpha value is -2.56.